The van der Waals surface area contributed by atoms with E-state index in [1.54, 1.807) is 36.4 Å². The van der Waals surface area contributed by atoms with Crippen molar-refractivity contribution in [1.82, 2.24) is 10.2 Å². The number of hydrogen-bond acceptors (Lipinski definition) is 7. The summed E-state index contributed by atoms with van der Waals surface area (Å²) >= 11 is 0. The maximum Gasteiger partial charge on any atom is 0.331 e. The fourth-order valence-electron chi connectivity index (χ4n) is 4.07. The minimum atomic E-state index is -0.794. The Bertz CT molecular complexity index is 1400. The van der Waals surface area contributed by atoms with Crippen molar-refractivity contribution in [3.8, 4) is 23.0 Å². The predicted molar refractivity (Wildman–Crippen MR) is 149 cm³/mol. The Kier molecular flexibility index (Phi) is 9.40. The number of ether oxygens (including phenoxy) is 4. The molecule has 1 heterocycles. The molecule has 1 aliphatic rings. The van der Waals surface area contributed by atoms with Gasteiger partial charge in [0, 0.05) is 0 Å². The number of nitrogens with zero attached hydrogens (tertiary/aromatic N) is 1. The Balaban J connectivity index is 1.55. The molecule has 9 nitrogen and oxygen atoms in total. The summed E-state index contributed by atoms with van der Waals surface area (Å²) in [6, 6.07) is 19.3. The highest BCUT2D eigenvalue weighted by molar-refractivity contribution is 6.30. The highest BCUT2D eigenvalue weighted by atomic mass is 16.5. The van der Waals surface area contributed by atoms with Gasteiger partial charge in [0.1, 0.15) is 12.2 Å². The fourth-order valence-corrected chi connectivity index (χ4v) is 4.07. The van der Waals surface area contributed by atoms with Crippen molar-refractivity contribution >= 4 is 23.9 Å². The molecule has 9 heteroatoms. The highest BCUT2D eigenvalue weighted by Gasteiger charge is 2.36. The van der Waals surface area contributed by atoms with Crippen LogP contribution < -0.4 is 24.3 Å². The zero-order chi connectivity index (χ0) is 28.5. The number of methoxy groups -OCH3 is 1. The van der Waals surface area contributed by atoms with Crippen molar-refractivity contribution in [2.75, 3.05) is 20.3 Å². The van der Waals surface area contributed by atoms with Crippen LogP contribution in [-0.2, 0) is 22.7 Å². The average molecular weight is 545 g/mol. The molecule has 0 spiro atoms. The van der Waals surface area contributed by atoms with E-state index in [1.165, 1.54) is 13.2 Å². The van der Waals surface area contributed by atoms with Crippen LogP contribution in [0.2, 0.25) is 0 Å². The Labute approximate surface area is 233 Å². The van der Waals surface area contributed by atoms with Gasteiger partial charge < -0.3 is 18.9 Å². The summed E-state index contributed by atoms with van der Waals surface area (Å²) in [5.41, 5.74) is 2.01. The highest BCUT2D eigenvalue weighted by Crippen LogP contribution is 2.31. The third-order valence-electron chi connectivity index (χ3n) is 6.03. The molecular weight excluding hydrogens is 512 g/mol. The van der Waals surface area contributed by atoms with Crippen LogP contribution in [0.15, 0.2) is 72.3 Å². The molecule has 3 aromatic carbocycles. The summed E-state index contributed by atoms with van der Waals surface area (Å²) in [4.78, 5) is 39.6. The Hall–Kier alpha value is -4.79. The van der Waals surface area contributed by atoms with E-state index in [9.17, 15) is 14.4 Å². The normalized spacial score (nSPS) is 14.2. The SMILES string of the molecule is CCCOc1ccc(CN2C(=O)NC(=O)/C(=C\c3ccc(OCc4ccccc4)c(OCC)c3)C2=O)cc1OC. The molecule has 208 valence electrons. The van der Waals surface area contributed by atoms with E-state index < -0.39 is 17.8 Å². The molecule has 0 atom stereocenters. The number of carbonyl (C=O) groups is 3. The van der Waals surface area contributed by atoms with Gasteiger partial charge in [-0.05, 0) is 60.4 Å². The number of hydrogen-bond donors (Lipinski definition) is 1. The van der Waals surface area contributed by atoms with Gasteiger partial charge in [-0.25, -0.2) is 4.79 Å². The molecule has 1 aliphatic heterocycles. The number of benzene rings is 3. The number of rotatable bonds is 12. The third kappa shape index (κ3) is 6.79. The van der Waals surface area contributed by atoms with E-state index in [0.717, 1.165) is 16.9 Å². The number of carbonyl (C=O) groups excluding carboxylic acids is 3. The topological polar surface area (TPSA) is 103 Å². The van der Waals surface area contributed by atoms with Gasteiger partial charge >= 0.3 is 6.03 Å². The fraction of sp³-hybridized carbons (Fsp3) is 0.258. The van der Waals surface area contributed by atoms with Crippen LogP contribution in [0.25, 0.3) is 6.08 Å². The van der Waals surface area contributed by atoms with Crippen LogP contribution in [0, 0.1) is 0 Å². The first kappa shape index (κ1) is 28.2. The molecule has 1 saturated heterocycles. The first-order valence-electron chi connectivity index (χ1n) is 13.1. The lowest BCUT2D eigenvalue weighted by atomic mass is 10.1. The van der Waals surface area contributed by atoms with E-state index in [4.69, 9.17) is 18.9 Å². The first-order valence-corrected chi connectivity index (χ1v) is 13.1. The minimum Gasteiger partial charge on any atom is -0.493 e. The number of barbiturate groups is 1. The maximum atomic E-state index is 13.3. The molecule has 0 saturated carbocycles. The smallest absolute Gasteiger partial charge is 0.331 e. The molecule has 1 N–H and O–H groups in total. The molecule has 0 aromatic heterocycles. The predicted octanol–water partition coefficient (Wildman–Crippen LogP) is 5.12. The van der Waals surface area contributed by atoms with Gasteiger partial charge in [-0.1, -0.05) is 49.4 Å². The average Bonchev–Trinajstić information content (AvgIpc) is 2.96. The Morgan fingerprint density at radius 3 is 2.27 bits per heavy atom. The monoisotopic (exact) mass is 544 g/mol. The first-order chi connectivity index (χ1) is 19.4. The molecule has 1 fully saturated rings. The summed E-state index contributed by atoms with van der Waals surface area (Å²) in [5, 5.41) is 2.25. The van der Waals surface area contributed by atoms with E-state index in [0.29, 0.717) is 53.9 Å². The lowest BCUT2D eigenvalue weighted by molar-refractivity contribution is -0.130. The molecule has 4 rings (SSSR count). The van der Waals surface area contributed by atoms with Gasteiger partial charge in [0.15, 0.2) is 23.0 Å². The largest absolute Gasteiger partial charge is 0.493 e. The van der Waals surface area contributed by atoms with Crippen molar-refractivity contribution < 1.29 is 33.3 Å². The van der Waals surface area contributed by atoms with E-state index in [-0.39, 0.29) is 12.1 Å². The maximum absolute atomic E-state index is 13.3. The van der Waals surface area contributed by atoms with Crippen LogP contribution in [-0.4, -0.2) is 43.1 Å². The number of imide groups is 2. The molecule has 0 unspecified atom stereocenters. The standard InChI is InChI=1S/C31H32N2O7/c1-4-15-39-25-14-12-23(18-27(25)37-3)19-33-30(35)24(29(34)32-31(33)36)16-22-11-13-26(28(17-22)38-5-2)40-20-21-9-7-6-8-10-21/h6-14,16-18H,4-5,15,19-20H2,1-3H3,(H,32,34,36)/b24-16+. The van der Waals surface area contributed by atoms with Crippen molar-refractivity contribution in [3.05, 3.63) is 89.0 Å². The van der Waals surface area contributed by atoms with Crippen LogP contribution in [0.3, 0.4) is 0 Å². The molecule has 0 radical (unpaired) electrons. The lowest BCUT2D eigenvalue weighted by Gasteiger charge is -2.26. The van der Waals surface area contributed by atoms with Gasteiger partial charge in [0.2, 0.25) is 0 Å². The van der Waals surface area contributed by atoms with Crippen LogP contribution >= 0.6 is 0 Å². The Morgan fingerprint density at radius 1 is 0.800 bits per heavy atom. The van der Waals surface area contributed by atoms with Crippen LogP contribution in [0.5, 0.6) is 23.0 Å². The molecule has 3 aromatic rings. The molecule has 0 bridgehead atoms. The second-order valence-corrected chi connectivity index (χ2v) is 8.96. The van der Waals surface area contributed by atoms with E-state index in [1.807, 2.05) is 44.2 Å². The second kappa shape index (κ2) is 13.3. The summed E-state index contributed by atoms with van der Waals surface area (Å²) in [6.07, 6.45) is 2.27. The van der Waals surface area contributed by atoms with E-state index >= 15 is 0 Å². The van der Waals surface area contributed by atoms with Crippen molar-refractivity contribution in [2.24, 2.45) is 0 Å². The number of urea groups is 1. The molecular formula is C31H32N2O7. The molecule has 0 aliphatic carbocycles. The second-order valence-electron chi connectivity index (χ2n) is 8.96. The van der Waals surface area contributed by atoms with Gasteiger partial charge in [-0.2, -0.15) is 0 Å². The van der Waals surface area contributed by atoms with E-state index in [2.05, 4.69) is 5.32 Å². The lowest BCUT2D eigenvalue weighted by Crippen LogP contribution is -2.53. The van der Waals surface area contributed by atoms with Gasteiger partial charge in [-0.15, -0.1) is 0 Å². The number of amides is 4. The third-order valence-corrected chi connectivity index (χ3v) is 6.03. The van der Waals surface area contributed by atoms with Gasteiger partial charge in [0.25, 0.3) is 11.8 Å². The van der Waals surface area contributed by atoms with Crippen molar-refractivity contribution in [1.29, 1.82) is 0 Å². The van der Waals surface area contributed by atoms with Gasteiger partial charge in [-0.3, -0.25) is 19.8 Å². The van der Waals surface area contributed by atoms with Crippen molar-refractivity contribution in [2.45, 2.75) is 33.4 Å². The summed E-state index contributed by atoms with van der Waals surface area (Å²) in [6.45, 7) is 5.08. The summed E-state index contributed by atoms with van der Waals surface area (Å²) in [7, 11) is 1.52. The van der Waals surface area contributed by atoms with Crippen molar-refractivity contribution in [3.63, 3.8) is 0 Å². The number of nitrogens with one attached hydrogen (secondary N) is 1. The summed E-state index contributed by atoms with van der Waals surface area (Å²) in [5.74, 6) is 0.586. The molecule has 40 heavy (non-hydrogen) atoms. The zero-order valence-electron chi connectivity index (χ0n) is 22.8. The van der Waals surface area contributed by atoms with Crippen LogP contribution in [0.4, 0.5) is 4.79 Å². The summed E-state index contributed by atoms with van der Waals surface area (Å²) < 4.78 is 22.8. The zero-order valence-corrected chi connectivity index (χ0v) is 22.8. The van der Waals surface area contributed by atoms with Gasteiger partial charge in [0.05, 0.1) is 26.9 Å². The quantitative estimate of drug-likeness (QED) is 0.249. The molecule has 4 amide bonds. The Morgan fingerprint density at radius 2 is 1.55 bits per heavy atom. The van der Waals surface area contributed by atoms with Crippen LogP contribution in [0.1, 0.15) is 37.0 Å². The minimum absolute atomic E-state index is 0.0594.